The fraction of sp³-hybridized carbons (Fsp3) is 0. The van der Waals surface area contributed by atoms with Crippen LogP contribution in [0, 0.1) is 0 Å². The molecule has 0 saturated heterocycles. The van der Waals surface area contributed by atoms with Gasteiger partial charge < -0.3 is 4.90 Å². The van der Waals surface area contributed by atoms with E-state index in [9.17, 15) is 0 Å². The number of hydrogen-bond donors (Lipinski definition) is 0. The molecule has 0 bridgehead atoms. The fourth-order valence-corrected chi connectivity index (χ4v) is 10.7. The molecule has 2 aromatic heterocycles. The largest absolute Gasteiger partial charge is 0.308 e. The van der Waals surface area contributed by atoms with Gasteiger partial charge in [-0.1, -0.05) is 158 Å². The lowest BCUT2D eigenvalue weighted by atomic mass is 9.96. The van der Waals surface area contributed by atoms with Crippen LogP contribution in [0.5, 0.6) is 0 Å². The van der Waals surface area contributed by atoms with Gasteiger partial charge in [-0.3, -0.25) is 0 Å². The summed E-state index contributed by atoms with van der Waals surface area (Å²) < 4.78 is 5.24. The van der Waals surface area contributed by atoms with Crippen molar-refractivity contribution in [3.05, 3.63) is 188 Å². The minimum atomic E-state index is 1.12. The standard InChI is InChI=1S/C50H31NS2/c1-2-13-32(14-3-1)37-29-30-44-42-20-9-11-24-47(42)53-50(44)48(37)51(45-31-34-15-4-5-16-36(34)39-17-6-7-18-40(39)45)35-27-25-33(26-28-35)38-21-12-22-43-41-19-8-10-23-46(41)52-49(38)43/h1-31H. The number of rotatable bonds is 5. The Labute approximate surface area is 315 Å². The lowest BCUT2D eigenvalue weighted by molar-refractivity contribution is 1.32. The van der Waals surface area contributed by atoms with Gasteiger partial charge in [0.25, 0.3) is 0 Å². The van der Waals surface area contributed by atoms with Crippen LogP contribution < -0.4 is 4.90 Å². The first-order chi connectivity index (χ1) is 26.3. The molecule has 9 aromatic carbocycles. The van der Waals surface area contributed by atoms with Crippen LogP contribution in [-0.4, -0.2) is 0 Å². The molecule has 0 N–H and O–H groups in total. The first kappa shape index (κ1) is 30.4. The average molecular weight is 710 g/mol. The second kappa shape index (κ2) is 12.2. The highest BCUT2D eigenvalue weighted by Gasteiger charge is 2.25. The molecule has 0 saturated carbocycles. The lowest BCUT2D eigenvalue weighted by Crippen LogP contribution is -2.12. The smallest absolute Gasteiger partial charge is 0.0718 e. The highest BCUT2D eigenvalue weighted by molar-refractivity contribution is 7.26. The Bertz CT molecular complexity index is 3170. The Morgan fingerprint density at radius 2 is 0.906 bits per heavy atom. The molecule has 0 aliphatic carbocycles. The molecule has 53 heavy (non-hydrogen) atoms. The van der Waals surface area contributed by atoms with Gasteiger partial charge in [0.15, 0.2) is 0 Å². The third-order valence-corrected chi connectivity index (χ3v) is 13.1. The molecule has 1 nitrogen and oxygen atoms in total. The molecule has 0 fully saturated rings. The molecule has 0 amide bonds. The van der Waals surface area contributed by atoms with Crippen molar-refractivity contribution in [3.63, 3.8) is 0 Å². The van der Waals surface area contributed by atoms with Crippen LogP contribution in [0.25, 0.3) is 84.1 Å². The van der Waals surface area contributed by atoms with Crippen molar-refractivity contribution in [2.75, 3.05) is 4.90 Å². The Kier molecular flexibility index (Phi) is 6.97. The van der Waals surface area contributed by atoms with E-state index < -0.39 is 0 Å². The zero-order valence-electron chi connectivity index (χ0n) is 28.7. The predicted molar refractivity (Wildman–Crippen MR) is 233 cm³/mol. The van der Waals surface area contributed by atoms with E-state index in [0.717, 1.165) is 5.69 Å². The summed E-state index contributed by atoms with van der Waals surface area (Å²) in [5.74, 6) is 0. The van der Waals surface area contributed by atoms with E-state index in [-0.39, 0.29) is 0 Å². The van der Waals surface area contributed by atoms with Crippen molar-refractivity contribution in [1.82, 2.24) is 0 Å². The number of fused-ring (bicyclic) bond motifs is 9. The van der Waals surface area contributed by atoms with E-state index in [4.69, 9.17) is 0 Å². The number of benzene rings is 9. The van der Waals surface area contributed by atoms with Crippen LogP contribution in [0.15, 0.2) is 188 Å². The normalized spacial score (nSPS) is 11.8. The molecular weight excluding hydrogens is 679 g/mol. The molecule has 248 valence electrons. The van der Waals surface area contributed by atoms with Gasteiger partial charge in [-0.2, -0.15) is 0 Å². The Morgan fingerprint density at radius 1 is 0.340 bits per heavy atom. The number of anilines is 3. The summed E-state index contributed by atoms with van der Waals surface area (Å²) in [5, 5.41) is 10.2. The van der Waals surface area contributed by atoms with Gasteiger partial charge in [0.05, 0.1) is 16.1 Å². The SMILES string of the molecule is c1ccc(-c2ccc3c(sc4ccccc43)c2N(c2ccc(-c3cccc4c3sc3ccccc34)cc2)c2cc3ccccc3c3ccccc23)cc1. The molecule has 3 heteroatoms. The molecule has 2 heterocycles. The van der Waals surface area contributed by atoms with Crippen molar-refractivity contribution in [2.45, 2.75) is 0 Å². The third kappa shape index (κ3) is 4.82. The molecule has 11 rings (SSSR count). The van der Waals surface area contributed by atoms with Crippen molar-refractivity contribution < 1.29 is 0 Å². The van der Waals surface area contributed by atoms with E-state index >= 15 is 0 Å². The van der Waals surface area contributed by atoms with Gasteiger partial charge in [-0.25, -0.2) is 0 Å². The summed E-state index contributed by atoms with van der Waals surface area (Å²) in [5.41, 5.74) is 8.40. The topological polar surface area (TPSA) is 3.24 Å². The van der Waals surface area contributed by atoms with E-state index in [1.807, 2.05) is 22.7 Å². The van der Waals surface area contributed by atoms with Crippen molar-refractivity contribution in [1.29, 1.82) is 0 Å². The summed E-state index contributed by atoms with van der Waals surface area (Å²) in [6.45, 7) is 0. The zero-order chi connectivity index (χ0) is 34.9. The van der Waals surface area contributed by atoms with Crippen LogP contribution in [0.2, 0.25) is 0 Å². The minimum absolute atomic E-state index is 1.12. The van der Waals surface area contributed by atoms with Gasteiger partial charge >= 0.3 is 0 Å². The second-order valence-electron chi connectivity index (χ2n) is 13.6. The van der Waals surface area contributed by atoms with Crippen LogP contribution in [0.4, 0.5) is 17.1 Å². The molecule has 0 aliphatic rings. The first-order valence-corrected chi connectivity index (χ1v) is 19.6. The first-order valence-electron chi connectivity index (χ1n) is 18.0. The monoisotopic (exact) mass is 709 g/mol. The zero-order valence-corrected chi connectivity index (χ0v) is 30.3. The van der Waals surface area contributed by atoms with E-state index in [1.165, 1.54) is 95.5 Å². The maximum absolute atomic E-state index is 2.54. The number of nitrogens with zero attached hydrogens (tertiary/aromatic N) is 1. The molecule has 0 spiro atoms. The minimum Gasteiger partial charge on any atom is -0.308 e. The Morgan fingerprint density at radius 3 is 1.66 bits per heavy atom. The summed E-state index contributed by atoms with van der Waals surface area (Å²) >= 11 is 3.77. The van der Waals surface area contributed by atoms with Crippen molar-refractivity contribution >= 4 is 102 Å². The summed E-state index contributed by atoms with van der Waals surface area (Å²) in [4.78, 5) is 2.54. The quantitative estimate of drug-likeness (QED) is 0.161. The van der Waals surface area contributed by atoms with Gasteiger partial charge in [0, 0.05) is 52.3 Å². The molecule has 0 aliphatic heterocycles. The molecule has 0 atom stereocenters. The van der Waals surface area contributed by atoms with Gasteiger partial charge in [0.1, 0.15) is 0 Å². The van der Waals surface area contributed by atoms with Crippen LogP contribution in [0.1, 0.15) is 0 Å². The molecular formula is C50H31NS2. The Balaban J connectivity index is 1.22. The maximum atomic E-state index is 2.54. The Hall–Kier alpha value is -6.26. The van der Waals surface area contributed by atoms with Gasteiger partial charge in [-0.05, 0) is 63.2 Å². The summed E-state index contributed by atoms with van der Waals surface area (Å²) in [7, 11) is 0. The number of hydrogen-bond acceptors (Lipinski definition) is 3. The maximum Gasteiger partial charge on any atom is 0.0718 e. The third-order valence-electron chi connectivity index (χ3n) is 10.7. The van der Waals surface area contributed by atoms with Crippen LogP contribution >= 0.6 is 22.7 Å². The van der Waals surface area contributed by atoms with Crippen molar-refractivity contribution in [2.24, 2.45) is 0 Å². The summed E-state index contributed by atoms with van der Waals surface area (Å²) in [6, 6.07) is 69.2. The summed E-state index contributed by atoms with van der Waals surface area (Å²) in [6.07, 6.45) is 0. The van der Waals surface area contributed by atoms with Gasteiger partial charge in [0.2, 0.25) is 0 Å². The van der Waals surface area contributed by atoms with E-state index in [1.54, 1.807) is 0 Å². The second-order valence-corrected chi connectivity index (χ2v) is 15.7. The molecule has 0 unspecified atom stereocenters. The highest BCUT2D eigenvalue weighted by Crippen LogP contribution is 2.52. The molecule has 11 aromatic rings. The molecule has 0 radical (unpaired) electrons. The lowest BCUT2D eigenvalue weighted by Gasteiger charge is -2.30. The predicted octanol–water partition coefficient (Wildman–Crippen LogP) is 15.5. The fourth-order valence-electron chi connectivity index (χ4n) is 8.22. The van der Waals surface area contributed by atoms with Crippen molar-refractivity contribution in [3.8, 4) is 22.3 Å². The van der Waals surface area contributed by atoms with Crippen LogP contribution in [0.3, 0.4) is 0 Å². The van der Waals surface area contributed by atoms with E-state index in [2.05, 4.69) is 193 Å². The van der Waals surface area contributed by atoms with Gasteiger partial charge in [-0.15, -0.1) is 22.7 Å². The van der Waals surface area contributed by atoms with E-state index in [0.29, 0.717) is 0 Å². The average Bonchev–Trinajstić information content (AvgIpc) is 3.81. The van der Waals surface area contributed by atoms with Crippen LogP contribution in [-0.2, 0) is 0 Å². The number of thiophene rings is 2. The highest BCUT2D eigenvalue weighted by atomic mass is 32.1.